The molecule has 0 bridgehead atoms. The average molecular weight is 268 g/mol. The minimum absolute atomic E-state index is 0.131. The lowest BCUT2D eigenvalue weighted by Crippen LogP contribution is -2.15. The fourth-order valence-corrected chi connectivity index (χ4v) is 2.90. The van der Waals surface area contributed by atoms with Crippen molar-refractivity contribution in [3.63, 3.8) is 0 Å². The first-order chi connectivity index (χ1) is 9.58. The quantitative estimate of drug-likeness (QED) is 0.607. The third-order valence-corrected chi connectivity index (χ3v) is 3.90. The maximum absolute atomic E-state index is 10.7. The fraction of sp³-hybridized carbons (Fsp3) is 0.250. The fourth-order valence-electron chi connectivity index (χ4n) is 2.90. The number of non-ortho nitro benzene ring substituents is 1. The van der Waals surface area contributed by atoms with Crippen molar-refractivity contribution in [2.45, 2.75) is 19.8 Å². The molecule has 0 saturated heterocycles. The number of para-hydroxylation sites is 1. The van der Waals surface area contributed by atoms with Gasteiger partial charge in [0.2, 0.25) is 0 Å². The summed E-state index contributed by atoms with van der Waals surface area (Å²) in [5.41, 5.74) is 4.98. The molecule has 1 aliphatic rings. The van der Waals surface area contributed by atoms with Crippen molar-refractivity contribution in [3.8, 4) is 0 Å². The molecule has 0 N–H and O–H groups in total. The van der Waals surface area contributed by atoms with Crippen LogP contribution in [0.1, 0.15) is 24.0 Å². The highest BCUT2D eigenvalue weighted by Gasteiger charge is 2.27. The van der Waals surface area contributed by atoms with E-state index in [4.69, 9.17) is 0 Å². The minimum Gasteiger partial charge on any atom is -0.340 e. The molecule has 4 nitrogen and oxygen atoms in total. The first-order valence-electron chi connectivity index (χ1n) is 6.69. The zero-order valence-electron chi connectivity index (χ0n) is 11.5. The van der Waals surface area contributed by atoms with Crippen LogP contribution in [0.15, 0.2) is 42.5 Å². The van der Waals surface area contributed by atoms with E-state index in [1.54, 1.807) is 12.1 Å². The third-order valence-electron chi connectivity index (χ3n) is 3.90. The van der Waals surface area contributed by atoms with Gasteiger partial charge in [0.15, 0.2) is 0 Å². The highest BCUT2D eigenvalue weighted by atomic mass is 16.6. The van der Waals surface area contributed by atoms with Crippen LogP contribution in [0.2, 0.25) is 0 Å². The Labute approximate surface area is 117 Å². The molecule has 0 radical (unpaired) electrons. The summed E-state index contributed by atoms with van der Waals surface area (Å²) >= 11 is 0. The van der Waals surface area contributed by atoms with Crippen molar-refractivity contribution in [1.29, 1.82) is 0 Å². The molecule has 0 spiro atoms. The maximum atomic E-state index is 10.7. The molecule has 1 unspecified atom stereocenters. The Bertz CT molecular complexity index is 665. The van der Waals surface area contributed by atoms with Gasteiger partial charge in [-0.25, -0.2) is 0 Å². The standard InChI is InChI=1S/C16H16N2O2/c1-11-4-3-5-15-12(2)10-17(16(11)15)13-6-8-14(9-7-13)18(19)20/h3-9,12H,10H2,1-2H3. The first kappa shape index (κ1) is 12.7. The highest BCUT2D eigenvalue weighted by molar-refractivity contribution is 5.74. The first-order valence-corrected chi connectivity index (χ1v) is 6.69. The molecule has 0 saturated carbocycles. The van der Waals surface area contributed by atoms with Crippen LogP contribution in [0.5, 0.6) is 0 Å². The Morgan fingerprint density at radius 3 is 2.55 bits per heavy atom. The largest absolute Gasteiger partial charge is 0.340 e. The zero-order valence-corrected chi connectivity index (χ0v) is 11.5. The third kappa shape index (κ3) is 1.93. The molecule has 20 heavy (non-hydrogen) atoms. The van der Waals surface area contributed by atoms with Gasteiger partial charge in [0.1, 0.15) is 0 Å². The Kier molecular flexibility index (Phi) is 2.93. The molecule has 1 aliphatic heterocycles. The predicted octanol–water partition coefficient (Wildman–Crippen LogP) is 4.16. The summed E-state index contributed by atoms with van der Waals surface area (Å²) in [5, 5.41) is 10.7. The Balaban J connectivity index is 2.03. The summed E-state index contributed by atoms with van der Waals surface area (Å²) < 4.78 is 0. The van der Waals surface area contributed by atoms with Crippen molar-refractivity contribution in [2.24, 2.45) is 0 Å². The van der Waals surface area contributed by atoms with E-state index in [0.29, 0.717) is 5.92 Å². The van der Waals surface area contributed by atoms with Gasteiger partial charge in [0, 0.05) is 36.0 Å². The maximum Gasteiger partial charge on any atom is 0.269 e. The number of nitrogens with zero attached hydrogens (tertiary/aromatic N) is 2. The number of nitro benzene ring substituents is 1. The van der Waals surface area contributed by atoms with E-state index in [2.05, 4.69) is 36.9 Å². The number of benzene rings is 2. The summed E-state index contributed by atoms with van der Waals surface area (Å²) in [5.74, 6) is 0.472. The summed E-state index contributed by atoms with van der Waals surface area (Å²) in [7, 11) is 0. The monoisotopic (exact) mass is 268 g/mol. The van der Waals surface area contributed by atoms with E-state index < -0.39 is 0 Å². The molecule has 3 rings (SSSR count). The van der Waals surface area contributed by atoms with Crippen LogP contribution in [-0.4, -0.2) is 11.5 Å². The summed E-state index contributed by atoms with van der Waals surface area (Å²) in [6, 6.07) is 13.1. The molecule has 0 fully saturated rings. The van der Waals surface area contributed by atoms with Crippen molar-refractivity contribution >= 4 is 17.1 Å². The molecule has 2 aromatic rings. The average Bonchev–Trinajstić information content (AvgIpc) is 2.78. The van der Waals surface area contributed by atoms with Crippen LogP contribution in [0, 0.1) is 17.0 Å². The second-order valence-corrected chi connectivity index (χ2v) is 5.30. The lowest BCUT2D eigenvalue weighted by molar-refractivity contribution is -0.384. The van der Waals surface area contributed by atoms with Crippen molar-refractivity contribution in [1.82, 2.24) is 0 Å². The smallest absolute Gasteiger partial charge is 0.269 e. The van der Waals surface area contributed by atoms with Crippen LogP contribution >= 0.6 is 0 Å². The number of anilines is 2. The van der Waals surface area contributed by atoms with Gasteiger partial charge in [-0.05, 0) is 30.2 Å². The lowest BCUT2D eigenvalue weighted by atomic mass is 10.0. The Morgan fingerprint density at radius 2 is 1.90 bits per heavy atom. The SMILES string of the molecule is Cc1cccc2c1N(c1ccc([N+](=O)[O-])cc1)CC2C. The van der Waals surface area contributed by atoms with Gasteiger partial charge in [-0.2, -0.15) is 0 Å². The molecule has 2 aromatic carbocycles. The number of hydrogen-bond acceptors (Lipinski definition) is 3. The molecular formula is C16H16N2O2. The molecule has 4 heteroatoms. The zero-order chi connectivity index (χ0) is 14.3. The second-order valence-electron chi connectivity index (χ2n) is 5.30. The van der Waals surface area contributed by atoms with Gasteiger partial charge in [-0.3, -0.25) is 10.1 Å². The van der Waals surface area contributed by atoms with E-state index in [-0.39, 0.29) is 10.6 Å². The molecule has 102 valence electrons. The molecule has 0 aromatic heterocycles. The van der Waals surface area contributed by atoms with E-state index >= 15 is 0 Å². The molecular weight excluding hydrogens is 252 g/mol. The van der Waals surface area contributed by atoms with Gasteiger partial charge >= 0.3 is 0 Å². The van der Waals surface area contributed by atoms with E-state index in [0.717, 1.165) is 12.2 Å². The Morgan fingerprint density at radius 1 is 1.20 bits per heavy atom. The van der Waals surface area contributed by atoms with Crippen LogP contribution in [0.4, 0.5) is 17.1 Å². The number of hydrogen-bond donors (Lipinski definition) is 0. The van der Waals surface area contributed by atoms with E-state index in [1.165, 1.54) is 16.8 Å². The van der Waals surface area contributed by atoms with Gasteiger partial charge < -0.3 is 4.90 Å². The van der Waals surface area contributed by atoms with Crippen LogP contribution in [0.3, 0.4) is 0 Å². The summed E-state index contributed by atoms with van der Waals surface area (Å²) in [4.78, 5) is 12.6. The number of fused-ring (bicyclic) bond motifs is 1. The van der Waals surface area contributed by atoms with Gasteiger partial charge in [-0.15, -0.1) is 0 Å². The molecule has 0 aliphatic carbocycles. The van der Waals surface area contributed by atoms with Crippen molar-refractivity contribution in [3.05, 3.63) is 63.7 Å². The highest BCUT2D eigenvalue weighted by Crippen LogP contribution is 2.42. The van der Waals surface area contributed by atoms with Crippen molar-refractivity contribution in [2.75, 3.05) is 11.4 Å². The number of nitro groups is 1. The summed E-state index contributed by atoms with van der Waals surface area (Å²) in [6.45, 7) is 5.23. The lowest BCUT2D eigenvalue weighted by Gasteiger charge is -2.21. The normalized spacial score (nSPS) is 17.1. The van der Waals surface area contributed by atoms with Crippen LogP contribution < -0.4 is 4.90 Å². The van der Waals surface area contributed by atoms with Crippen molar-refractivity contribution < 1.29 is 4.92 Å². The van der Waals surface area contributed by atoms with Gasteiger partial charge in [0.05, 0.1) is 4.92 Å². The molecule has 1 heterocycles. The molecule has 0 amide bonds. The molecule has 1 atom stereocenters. The number of rotatable bonds is 2. The van der Waals surface area contributed by atoms with Crippen LogP contribution in [-0.2, 0) is 0 Å². The predicted molar refractivity (Wildman–Crippen MR) is 79.7 cm³/mol. The summed E-state index contributed by atoms with van der Waals surface area (Å²) in [6.07, 6.45) is 0. The second kappa shape index (κ2) is 4.63. The van der Waals surface area contributed by atoms with Gasteiger partial charge in [0.25, 0.3) is 5.69 Å². The van der Waals surface area contributed by atoms with E-state index in [1.807, 2.05) is 12.1 Å². The van der Waals surface area contributed by atoms with Crippen LogP contribution in [0.25, 0.3) is 0 Å². The Hall–Kier alpha value is -2.36. The van der Waals surface area contributed by atoms with E-state index in [9.17, 15) is 10.1 Å². The minimum atomic E-state index is -0.365. The topological polar surface area (TPSA) is 46.4 Å². The van der Waals surface area contributed by atoms with Gasteiger partial charge in [-0.1, -0.05) is 25.1 Å². The number of aryl methyl sites for hydroxylation is 1.